The molecule has 2 saturated carbocycles. The predicted octanol–water partition coefficient (Wildman–Crippen LogP) is 16.6. The third-order valence-corrected chi connectivity index (χ3v) is 20.5. The Bertz CT molecular complexity index is 2210. The van der Waals surface area contributed by atoms with E-state index in [9.17, 15) is 0 Å². The molecule has 6 aliphatic rings. The van der Waals surface area contributed by atoms with E-state index in [1.807, 2.05) is 21.5 Å². The number of benzene rings is 4. The number of rotatable bonds is 8. The van der Waals surface area contributed by atoms with Crippen molar-refractivity contribution in [3.63, 3.8) is 0 Å². The molecule has 320 valence electrons. The summed E-state index contributed by atoms with van der Waals surface area (Å²) in [4.78, 5) is 0. The van der Waals surface area contributed by atoms with Crippen LogP contribution in [0.5, 0.6) is 0 Å². The van der Waals surface area contributed by atoms with E-state index in [1.54, 1.807) is 55.6 Å². The highest BCUT2D eigenvalue weighted by Crippen LogP contribution is 2.57. The Kier molecular flexibility index (Phi) is 10.9. The van der Waals surface area contributed by atoms with Gasteiger partial charge >= 0.3 is 0 Å². The second-order valence-corrected chi connectivity index (χ2v) is 27.8. The molecule has 4 aromatic rings. The van der Waals surface area contributed by atoms with E-state index in [2.05, 4.69) is 115 Å². The van der Waals surface area contributed by atoms with Crippen molar-refractivity contribution >= 4 is 18.5 Å². The van der Waals surface area contributed by atoms with Crippen molar-refractivity contribution in [2.24, 2.45) is 11.8 Å². The Hall–Kier alpha value is -3.42. The topological polar surface area (TPSA) is 0 Å². The van der Waals surface area contributed by atoms with Crippen LogP contribution >= 0.6 is 0 Å². The van der Waals surface area contributed by atoms with Gasteiger partial charge in [0.1, 0.15) is 8.07 Å². The lowest BCUT2D eigenvalue weighted by atomic mass is 9.84. The lowest BCUT2D eigenvalue weighted by Gasteiger charge is -2.35. The Morgan fingerprint density at radius 3 is 1.18 bits per heavy atom. The molecule has 2 fully saturated rings. The fourth-order valence-corrected chi connectivity index (χ4v) is 18.0. The molecule has 0 saturated heterocycles. The van der Waals surface area contributed by atoms with E-state index in [1.165, 1.54) is 151 Å². The van der Waals surface area contributed by atoms with Crippen LogP contribution in [0.25, 0.3) is 32.6 Å². The van der Waals surface area contributed by atoms with Crippen LogP contribution in [-0.2, 0) is 49.4 Å². The molecule has 0 atom stereocenters. The Labute approximate surface area is 372 Å². The summed E-state index contributed by atoms with van der Waals surface area (Å²) in [6, 6.07) is 25.5. The molecule has 0 bridgehead atoms. The standard InChI is InChI=1S/C60H76Si/c1-59(2,3)49-29-25-41(26-30-49)53-51-23-15-21-43(51)35-45-37-47(33-39-17-11-9-12-18-39)57(55(45)53)61(7,8)58-48(34-40-19-13-10-14-20-40)38-46-36-44-22-16-24-52(44)54(56(46)58)42-27-31-50(32-28-42)60(4,5)6/h25-32,35-36,39-40H,9-24,33-34,37-38H2,1-8H3. The third kappa shape index (κ3) is 7.63. The normalized spacial score (nSPS) is 19.8. The summed E-state index contributed by atoms with van der Waals surface area (Å²) in [6.45, 7) is 19.9. The molecule has 0 amide bonds. The molecule has 0 aliphatic heterocycles. The molecule has 0 unspecified atom stereocenters. The minimum absolute atomic E-state index is 0.147. The third-order valence-electron chi connectivity index (χ3n) is 16.8. The van der Waals surface area contributed by atoms with Gasteiger partial charge in [0.25, 0.3) is 0 Å². The van der Waals surface area contributed by atoms with E-state index < -0.39 is 8.07 Å². The van der Waals surface area contributed by atoms with Gasteiger partial charge in [-0.1, -0.05) is 191 Å². The van der Waals surface area contributed by atoms with Crippen molar-refractivity contribution in [3.8, 4) is 22.3 Å². The van der Waals surface area contributed by atoms with Crippen molar-refractivity contribution in [2.45, 2.75) is 194 Å². The van der Waals surface area contributed by atoms with Crippen molar-refractivity contribution in [1.82, 2.24) is 0 Å². The summed E-state index contributed by atoms with van der Waals surface area (Å²) in [6.07, 6.45) is 26.8. The second-order valence-electron chi connectivity index (χ2n) is 23.6. The molecule has 4 aromatic carbocycles. The van der Waals surface area contributed by atoms with Crippen LogP contribution in [0, 0.1) is 11.8 Å². The van der Waals surface area contributed by atoms with Crippen LogP contribution in [0.4, 0.5) is 0 Å². The predicted molar refractivity (Wildman–Crippen MR) is 266 cm³/mol. The van der Waals surface area contributed by atoms with Gasteiger partial charge in [0, 0.05) is 0 Å². The van der Waals surface area contributed by atoms with E-state index in [0.717, 1.165) is 11.8 Å². The number of allylic oxidation sites excluding steroid dienone is 2. The maximum atomic E-state index is 2.86. The maximum Gasteiger partial charge on any atom is 0.113 e. The summed E-state index contributed by atoms with van der Waals surface area (Å²) in [5.41, 5.74) is 26.6. The van der Waals surface area contributed by atoms with Crippen LogP contribution < -0.4 is 0 Å². The van der Waals surface area contributed by atoms with Crippen LogP contribution in [0.3, 0.4) is 0 Å². The zero-order valence-corrected chi connectivity index (χ0v) is 40.6. The first kappa shape index (κ1) is 41.6. The van der Waals surface area contributed by atoms with Crippen LogP contribution in [0.1, 0.15) is 187 Å². The summed E-state index contributed by atoms with van der Waals surface area (Å²) in [5, 5.41) is 3.74. The van der Waals surface area contributed by atoms with Crippen LogP contribution in [0.2, 0.25) is 13.1 Å². The Balaban J connectivity index is 1.22. The lowest BCUT2D eigenvalue weighted by molar-refractivity contribution is 0.355. The van der Waals surface area contributed by atoms with Crippen molar-refractivity contribution in [3.05, 3.63) is 127 Å². The molecule has 0 heterocycles. The first-order chi connectivity index (χ1) is 29.3. The molecule has 61 heavy (non-hydrogen) atoms. The molecule has 0 radical (unpaired) electrons. The van der Waals surface area contributed by atoms with Crippen LogP contribution in [-0.4, -0.2) is 8.07 Å². The minimum atomic E-state index is -2.35. The fourth-order valence-electron chi connectivity index (χ4n) is 13.8. The summed E-state index contributed by atoms with van der Waals surface area (Å²) in [7, 11) is -2.35. The molecule has 0 aromatic heterocycles. The van der Waals surface area contributed by atoms with Gasteiger partial charge in [-0.05, 0) is 175 Å². The summed E-state index contributed by atoms with van der Waals surface area (Å²) >= 11 is 0. The molecule has 1 heteroatoms. The average Bonchev–Trinajstić information content (AvgIpc) is 4.04. The molecule has 6 aliphatic carbocycles. The number of aryl methyl sites for hydroxylation is 2. The van der Waals surface area contributed by atoms with E-state index in [-0.39, 0.29) is 10.8 Å². The molecular weight excluding hydrogens is 749 g/mol. The highest BCUT2D eigenvalue weighted by atomic mass is 28.3. The summed E-state index contributed by atoms with van der Waals surface area (Å²) in [5.74, 6) is 1.68. The SMILES string of the molecule is CC(C)(C)c1ccc(-c2c3c(cc4c2C([Si](C)(C)C2=C(CC5CCCCC5)Cc5cc6c(c(-c7ccc(C(C)(C)C)cc7)c52)CCC6)=C(CC2CCCCC2)C4)CCC3)cc1. The molecule has 0 spiro atoms. The molecule has 0 nitrogen and oxygen atoms in total. The average molecular weight is 825 g/mol. The quantitative estimate of drug-likeness (QED) is 0.155. The first-order valence-electron chi connectivity index (χ1n) is 25.3. The molecule has 10 rings (SSSR count). The number of hydrogen-bond acceptors (Lipinski definition) is 0. The van der Waals surface area contributed by atoms with Gasteiger partial charge < -0.3 is 0 Å². The smallest absolute Gasteiger partial charge is 0.0652 e. The highest BCUT2D eigenvalue weighted by Gasteiger charge is 2.46. The number of fused-ring (bicyclic) bond motifs is 4. The largest absolute Gasteiger partial charge is 0.113 e. The van der Waals surface area contributed by atoms with Gasteiger partial charge in [0.05, 0.1) is 0 Å². The van der Waals surface area contributed by atoms with Gasteiger partial charge in [-0.2, -0.15) is 0 Å². The van der Waals surface area contributed by atoms with Gasteiger partial charge in [-0.15, -0.1) is 0 Å². The van der Waals surface area contributed by atoms with Gasteiger partial charge in [-0.3, -0.25) is 0 Å². The van der Waals surface area contributed by atoms with Gasteiger partial charge in [-0.25, -0.2) is 0 Å². The zero-order chi connectivity index (χ0) is 42.3. The first-order valence-corrected chi connectivity index (χ1v) is 28.3. The van der Waals surface area contributed by atoms with Crippen molar-refractivity contribution in [1.29, 1.82) is 0 Å². The highest BCUT2D eigenvalue weighted by molar-refractivity contribution is 7.09. The Morgan fingerprint density at radius 1 is 0.443 bits per heavy atom. The van der Waals surface area contributed by atoms with Crippen molar-refractivity contribution < 1.29 is 0 Å². The van der Waals surface area contributed by atoms with E-state index in [0.29, 0.717) is 0 Å². The molecular formula is C60H76Si. The lowest BCUT2D eigenvalue weighted by Crippen LogP contribution is -2.32. The minimum Gasteiger partial charge on any atom is -0.0652 e. The monoisotopic (exact) mass is 825 g/mol. The van der Waals surface area contributed by atoms with Crippen molar-refractivity contribution in [2.75, 3.05) is 0 Å². The summed E-state index contributed by atoms with van der Waals surface area (Å²) < 4.78 is 0. The maximum absolute atomic E-state index is 2.86. The number of hydrogen-bond donors (Lipinski definition) is 0. The van der Waals surface area contributed by atoms with E-state index in [4.69, 9.17) is 0 Å². The zero-order valence-electron chi connectivity index (χ0n) is 39.6. The Morgan fingerprint density at radius 2 is 0.820 bits per heavy atom. The van der Waals surface area contributed by atoms with E-state index >= 15 is 0 Å². The van der Waals surface area contributed by atoms with Gasteiger partial charge in [0.2, 0.25) is 0 Å². The fraction of sp³-hybridized carbons (Fsp3) is 0.533. The second kappa shape index (κ2) is 16.0. The molecule has 0 N–H and O–H groups in total. The van der Waals surface area contributed by atoms with Crippen LogP contribution in [0.15, 0.2) is 71.8 Å². The van der Waals surface area contributed by atoms with Gasteiger partial charge in [0.15, 0.2) is 0 Å².